The minimum atomic E-state index is -2.06. The maximum Gasteiger partial charge on any atom is 0.520 e. The molecule has 4 aromatic carbocycles. The second kappa shape index (κ2) is 14.2. The lowest BCUT2D eigenvalue weighted by molar-refractivity contribution is -0.386. The molecule has 0 unspecified atom stereocenters. The summed E-state index contributed by atoms with van der Waals surface area (Å²) < 4.78 is 41.6. The second-order valence-electron chi connectivity index (χ2n) is 10.1. The van der Waals surface area contributed by atoms with Gasteiger partial charge in [0, 0.05) is 23.5 Å². The Bertz CT molecular complexity index is 1850. The number of carboxylic acid groups (broad SMARTS) is 2. The van der Waals surface area contributed by atoms with Crippen LogP contribution in [0, 0.1) is 45.7 Å². The van der Waals surface area contributed by atoms with Gasteiger partial charge >= 0.3 is 29.5 Å². The van der Waals surface area contributed by atoms with E-state index in [-0.39, 0.29) is 11.4 Å². The number of carbonyl (C=O) groups is 3. The van der Waals surface area contributed by atoms with Crippen molar-refractivity contribution in [1.29, 1.82) is 0 Å². The Morgan fingerprint density at radius 2 is 1.06 bits per heavy atom. The van der Waals surface area contributed by atoms with E-state index in [1.165, 1.54) is 12.1 Å². The summed E-state index contributed by atoms with van der Waals surface area (Å²) in [5.41, 5.74) is -2.83. The molecule has 0 fully saturated rings. The van der Waals surface area contributed by atoms with Crippen molar-refractivity contribution >= 4 is 52.2 Å². The van der Waals surface area contributed by atoms with Crippen molar-refractivity contribution in [2.75, 3.05) is 10.6 Å². The monoisotopic (exact) mass is 666 g/mol. The van der Waals surface area contributed by atoms with Crippen LogP contribution in [-0.2, 0) is 22.4 Å². The Balaban J connectivity index is 1.82. The summed E-state index contributed by atoms with van der Waals surface area (Å²) in [5, 5.41) is 47.7. The molecule has 48 heavy (non-hydrogen) atoms. The van der Waals surface area contributed by atoms with E-state index in [1.807, 2.05) is 0 Å². The van der Waals surface area contributed by atoms with Gasteiger partial charge in [-0.2, -0.15) is 0 Å². The van der Waals surface area contributed by atoms with E-state index in [0.717, 1.165) is 0 Å². The van der Waals surface area contributed by atoms with Gasteiger partial charge in [-0.1, -0.05) is 36.4 Å². The molecule has 248 valence electrons. The van der Waals surface area contributed by atoms with Crippen LogP contribution in [0.5, 0.6) is 11.5 Å². The van der Waals surface area contributed by atoms with Crippen LogP contribution >= 0.6 is 0 Å². The van der Waals surface area contributed by atoms with E-state index >= 15 is 8.78 Å². The molecule has 0 bridgehead atoms. The summed E-state index contributed by atoms with van der Waals surface area (Å²) in [6.45, 7) is 3.26. The second-order valence-corrected chi connectivity index (χ2v) is 10.1. The molecule has 0 atom stereocenters. The number of hydrogen-bond acceptors (Lipinski definition) is 11. The largest absolute Gasteiger partial charge is 0.520 e. The lowest BCUT2D eigenvalue weighted by Gasteiger charge is -2.17. The van der Waals surface area contributed by atoms with Crippen molar-refractivity contribution in [2.45, 2.75) is 26.7 Å². The summed E-state index contributed by atoms with van der Waals surface area (Å²) in [7, 11) is 0. The molecule has 0 aliphatic heterocycles. The number of halogens is 2. The van der Waals surface area contributed by atoms with Gasteiger partial charge in [0.2, 0.25) is 11.5 Å². The molecule has 0 heterocycles. The van der Waals surface area contributed by atoms with Crippen LogP contribution in [0.25, 0.3) is 0 Å². The number of nitrogens with one attached hydrogen (secondary N) is 2. The Labute approximate surface area is 268 Å². The molecule has 4 rings (SSSR count). The van der Waals surface area contributed by atoms with Crippen LogP contribution in [0.15, 0.2) is 60.7 Å². The van der Waals surface area contributed by atoms with E-state index in [9.17, 15) is 44.8 Å². The van der Waals surface area contributed by atoms with E-state index in [1.54, 1.807) is 50.2 Å². The van der Waals surface area contributed by atoms with Gasteiger partial charge < -0.3 is 30.3 Å². The quantitative estimate of drug-likeness (QED) is 0.0534. The van der Waals surface area contributed by atoms with Gasteiger partial charge in [0.25, 0.3) is 0 Å². The molecular formula is C31H24F2N4O11. The van der Waals surface area contributed by atoms with Crippen molar-refractivity contribution < 1.29 is 52.7 Å². The third-order valence-electron chi connectivity index (χ3n) is 6.82. The van der Waals surface area contributed by atoms with Crippen LogP contribution in [0.4, 0.5) is 47.7 Å². The van der Waals surface area contributed by atoms with Crippen molar-refractivity contribution in [3.8, 4) is 11.5 Å². The van der Waals surface area contributed by atoms with E-state index in [2.05, 4.69) is 10.6 Å². The topological polar surface area (TPSA) is 220 Å². The molecule has 0 spiro atoms. The molecule has 0 amide bonds. The van der Waals surface area contributed by atoms with Crippen molar-refractivity contribution in [3.63, 3.8) is 0 Å². The van der Waals surface area contributed by atoms with Crippen molar-refractivity contribution in [2.24, 2.45) is 0 Å². The first kappa shape index (κ1) is 34.2. The van der Waals surface area contributed by atoms with Gasteiger partial charge in [-0.25, -0.2) is 13.6 Å². The molecule has 0 saturated carbocycles. The van der Waals surface area contributed by atoms with Gasteiger partial charge in [0.05, 0.1) is 34.1 Å². The SMILES string of the molecule is Cc1ccccc1Nc1c(CC(=O)O)cc([N+](=O)[O-])c(OC(=O)Oc2c([N+](=O)[O-])cc(CC(=O)O)c(Nc3ccccc3C)c2F)c1F. The van der Waals surface area contributed by atoms with E-state index in [4.69, 9.17) is 9.47 Å². The van der Waals surface area contributed by atoms with Crippen LogP contribution in [0.3, 0.4) is 0 Å². The highest BCUT2D eigenvalue weighted by Gasteiger charge is 2.34. The smallest absolute Gasteiger partial charge is 0.481 e. The highest BCUT2D eigenvalue weighted by Crippen LogP contribution is 2.42. The first-order chi connectivity index (χ1) is 22.7. The minimum Gasteiger partial charge on any atom is -0.481 e. The van der Waals surface area contributed by atoms with E-state index in [0.29, 0.717) is 23.3 Å². The molecule has 0 aromatic heterocycles. The number of carbonyl (C=O) groups excluding carboxylic acids is 1. The Kier molecular flexibility index (Phi) is 10.1. The summed E-state index contributed by atoms with van der Waals surface area (Å²) in [6.07, 6.45) is -3.85. The Hall–Kier alpha value is -6.65. The molecule has 15 nitrogen and oxygen atoms in total. The molecule has 17 heteroatoms. The zero-order valence-corrected chi connectivity index (χ0v) is 24.9. The van der Waals surface area contributed by atoms with E-state index < -0.39 is 97.8 Å². The molecule has 0 aliphatic rings. The van der Waals surface area contributed by atoms with Gasteiger partial charge in [-0.15, -0.1) is 0 Å². The van der Waals surface area contributed by atoms with Crippen molar-refractivity contribution in [1.82, 2.24) is 0 Å². The number of rotatable bonds is 12. The average Bonchev–Trinajstić information content (AvgIpc) is 3.00. The Morgan fingerprint density at radius 1 is 0.708 bits per heavy atom. The highest BCUT2D eigenvalue weighted by atomic mass is 19.1. The summed E-state index contributed by atoms with van der Waals surface area (Å²) in [4.78, 5) is 57.4. The normalized spacial score (nSPS) is 10.6. The lowest BCUT2D eigenvalue weighted by atomic mass is 10.1. The van der Waals surface area contributed by atoms with Gasteiger partial charge in [-0.05, 0) is 48.2 Å². The van der Waals surface area contributed by atoms with Crippen LogP contribution in [0.2, 0.25) is 0 Å². The van der Waals surface area contributed by atoms with Gasteiger partial charge in [0.15, 0.2) is 11.6 Å². The molecule has 4 N–H and O–H groups in total. The number of hydrogen-bond donors (Lipinski definition) is 4. The zero-order valence-electron chi connectivity index (χ0n) is 24.9. The van der Waals surface area contributed by atoms with Crippen LogP contribution in [-0.4, -0.2) is 38.2 Å². The fraction of sp³-hybridized carbons (Fsp3) is 0.129. The fourth-order valence-electron chi connectivity index (χ4n) is 4.56. The number of nitro groups is 2. The number of benzene rings is 4. The first-order valence-corrected chi connectivity index (χ1v) is 13.7. The summed E-state index contributed by atoms with van der Waals surface area (Å²) in [6, 6.07) is 14.0. The number of carboxylic acids is 2. The predicted molar refractivity (Wildman–Crippen MR) is 164 cm³/mol. The molecule has 0 saturated heterocycles. The zero-order chi connectivity index (χ0) is 35.3. The third kappa shape index (κ3) is 7.58. The molecule has 0 aliphatic carbocycles. The number of para-hydroxylation sites is 2. The number of nitro benzene ring substituents is 2. The number of aryl methyl sites for hydroxylation is 2. The number of anilines is 4. The third-order valence-corrected chi connectivity index (χ3v) is 6.82. The minimum absolute atomic E-state index is 0.262. The van der Waals surface area contributed by atoms with Crippen LogP contribution < -0.4 is 20.1 Å². The van der Waals surface area contributed by atoms with Crippen molar-refractivity contribution in [3.05, 3.63) is 115 Å². The summed E-state index contributed by atoms with van der Waals surface area (Å²) >= 11 is 0. The first-order valence-electron chi connectivity index (χ1n) is 13.7. The highest BCUT2D eigenvalue weighted by molar-refractivity contribution is 5.82. The van der Waals surface area contributed by atoms with Gasteiger partial charge in [-0.3, -0.25) is 29.8 Å². The summed E-state index contributed by atoms with van der Waals surface area (Å²) in [5.74, 6) is -8.91. The molecular weight excluding hydrogens is 642 g/mol. The van der Waals surface area contributed by atoms with Crippen LogP contribution in [0.1, 0.15) is 22.3 Å². The molecule has 0 radical (unpaired) electrons. The maximum absolute atomic E-state index is 16.0. The number of ether oxygens (including phenoxy) is 2. The molecule has 4 aromatic rings. The number of nitrogens with zero attached hydrogens (tertiary/aromatic N) is 2. The van der Waals surface area contributed by atoms with Gasteiger partial charge in [0.1, 0.15) is 0 Å². The average molecular weight is 667 g/mol. The lowest BCUT2D eigenvalue weighted by Crippen LogP contribution is -2.19. The predicted octanol–water partition coefficient (Wildman–Crippen LogP) is 6.72. The Morgan fingerprint density at radius 3 is 1.38 bits per heavy atom. The fourth-order valence-corrected chi connectivity index (χ4v) is 4.56. The maximum atomic E-state index is 16.0. The standard InChI is InChI=1S/C31H24F2N4O11/c1-15-7-3-5-9-19(15)34-27-17(13-23(38)39)11-21(36(43)44)29(25(27)32)47-31(42)48-30-22(37(45)46)12-18(14-24(40)41)28(26(30)33)35-20-10-6-4-8-16(20)2/h3-12,34-35H,13-14H2,1-2H3,(H,38,39)(H,40,41). The number of aliphatic carboxylic acids is 2.